The monoisotopic (exact) mass is 361 g/mol. The van der Waals surface area contributed by atoms with E-state index in [0.29, 0.717) is 37.7 Å². The number of morpholine rings is 1. The Balaban J connectivity index is 1.56. The molecule has 0 unspecified atom stereocenters. The number of aromatic nitrogens is 3. The van der Waals surface area contributed by atoms with Crippen molar-refractivity contribution in [3.63, 3.8) is 0 Å². The van der Waals surface area contributed by atoms with Gasteiger partial charge in [0.1, 0.15) is 5.82 Å². The van der Waals surface area contributed by atoms with Crippen LogP contribution < -0.4 is 5.32 Å². The predicted molar refractivity (Wildman–Crippen MR) is 90.4 cm³/mol. The number of rotatable bonds is 5. The summed E-state index contributed by atoms with van der Waals surface area (Å²) in [7, 11) is 0. The Morgan fingerprint density at radius 2 is 1.92 bits per heavy atom. The van der Waals surface area contributed by atoms with E-state index in [1.165, 1.54) is 16.8 Å². The number of carbonyl (C=O) groups is 2. The third-order valence-electron chi connectivity index (χ3n) is 4.17. The normalized spacial score (nSPS) is 14.3. The zero-order valence-electron chi connectivity index (χ0n) is 14.4. The molecule has 9 heteroatoms. The topological polar surface area (TPSA) is 89.3 Å². The van der Waals surface area contributed by atoms with Crippen molar-refractivity contribution in [2.24, 2.45) is 0 Å². The van der Waals surface area contributed by atoms with Crippen molar-refractivity contribution in [2.75, 3.05) is 32.8 Å². The summed E-state index contributed by atoms with van der Waals surface area (Å²) in [5.41, 5.74) is 1.32. The number of hydrogen-bond donors (Lipinski definition) is 1. The first kappa shape index (κ1) is 18.0. The van der Waals surface area contributed by atoms with Crippen molar-refractivity contribution in [1.29, 1.82) is 0 Å². The third kappa shape index (κ3) is 4.05. The van der Waals surface area contributed by atoms with Gasteiger partial charge in [0.15, 0.2) is 5.69 Å². The molecular formula is C17H20FN5O3. The fourth-order valence-electron chi connectivity index (χ4n) is 2.70. The van der Waals surface area contributed by atoms with Crippen LogP contribution >= 0.6 is 0 Å². The second kappa shape index (κ2) is 8.05. The first-order valence-corrected chi connectivity index (χ1v) is 8.38. The second-order valence-corrected chi connectivity index (χ2v) is 5.91. The molecule has 0 saturated carbocycles. The Hall–Kier alpha value is -2.81. The van der Waals surface area contributed by atoms with E-state index in [0.717, 1.165) is 0 Å². The molecule has 0 spiro atoms. The molecule has 138 valence electrons. The van der Waals surface area contributed by atoms with Gasteiger partial charge in [0.25, 0.3) is 5.91 Å². The van der Waals surface area contributed by atoms with E-state index < -0.39 is 5.91 Å². The summed E-state index contributed by atoms with van der Waals surface area (Å²) in [6.07, 6.45) is 0.219. The number of nitrogens with one attached hydrogen (secondary N) is 1. The van der Waals surface area contributed by atoms with E-state index in [2.05, 4.69) is 15.6 Å². The van der Waals surface area contributed by atoms with Crippen molar-refractivity contribution in [1.82, 2.24) is 25.2 Å². The number of ether oxygens (including phenoxy) is 1. The SMILES string of the molecule is Cc1c(C(=O)NCCC(=O)N2CCOCC2)nnn1-c1ccc(F)cc1. The van der Waals surface area contributed by atoms with E-state index in [9.17, 15) is 14.0 Å². The molecular weight excluding hydrogens is 341 g/mol. The van der Waals surface area contributed by atoms with Gasteiger partial charge in [-0.15, -0.1) is 5.10 Å². The minimum atomic E-state index is -0.398. The van der Waals surface area contributed by atoms with Gasteiger partial charge in [-0.2, -0.15) is 0 Å². The molecule has 1 aromatic heterocycles. The van der Waals surface area contributed by atoms with Gasteiger partial charge >= 0.3 is 0 Å². The summed E-state index contributed by atoms with van der Waals surface area (Å²) < 4.78 is 19.7. The number of nitrogens with zero attached hydrogens (tertiary/aromatic N) is 4. The molecule has 0 bridgehead atoms. The van der Waals surface area contributed by atoms with Crippen molar-refractivity contribution >= 4 is 11.8 Å². The lowest BCUT2D eigenvalue weighted by atomic mass is 10.2. The highest BCUT2D eigenvalue weighted by Crippen LogP contribution is 2.13. The molecule has 1 N–H and O–H groups in total. The van der Waals surface area contributed by atoms with Crippen molar-refractivity contribution in [3.8, 4) is 5.69 Å². The molecule has 0 radical (unpaired) electrons. The minimum Gasteiger partial charge on any atom is -0.378 e. The van der Waals surface area contributed by atoms with Crippen LogP contribution in [-0.2, 0) is 9.53 Å². The number of amides is 2. The predicted octanol–water partition coefficient (Wildman–Crippen LogP) is 0.694. The van der Waals surface area contributed by atoms with Crippen molar-refractivity contribution in [3.05, 3.63) is 41.5 Å². The maximum atomic E-state index is 13.0. The Labute approximate surface area is 149 Å². The van der Waals surface area contributed by atoms with Gasteiger partial charge < -0.3 is 15.0 Å². The molecule has 0 atom stereocenters. The maximum absolute atomic E-state index is 13.0. The Morgan fingerprint density at radius 1 is 1.23 bits per heavy atom. The Kier molecular flexibility index (Phi) is 5.57. The molecule has 8 nitrogen and oxygen atoms in total. The fourth-order valence-corrected chi connectivity index (χ4v) is 2.70. The molecule has 0 aliphatic carbocycles. The summed E-state index contributed by atoms with van der Waals surface area (Å²) in [6, 6.07) is 5.74. The van der Waals surface area contributed by atoms with Crippen LogP contribution in [0.25, 0.3) is 5.69 Å². The van der Waals surface area contributed by atoms with Gasteiger partial charge in [0.05, 0.1) is 24.6 Å². The minimum absolute atomic E-state index is 0.0136. The first-order chi connectivity index (χ1) is 12.6. The average Bonchev–Trinajstić information content (AvgIpc) is 3.04. The summed E-state index contributed by atoms with van der Waals surface area (Å²) in [5.74, 6) is -0.764. The quantitative estimate of drug-likeness (QED) is 0.847. The summed E-state index contributed by atoms with van der Waals surface area (Å²) in [6.45, 7) is 4.18. The standard InChI is InChI=1S/C17H20FN5O3/c1-12-16(20-21-23(12)14-4-2-13(18)3-5-14)17(25)19-7-6-15(24)22-8-10-26-11-9-22/h2-5H,6-11H2,1H3,(H,19,25). The van der Waals surface area contributed by atoms with E-state index >= 15 is 0 Å². The highest BCUT2D eigenvalue weighted by molar-refractivity contribution is 5.93. The average molecular weight is 361 g/mol. The van der Waals surface area contributed by atoms with Crippen LogP contribution in [0.4, 0.5) is 4.39 Å². The van der Waals surface area contributed by atoms with Gasteiger partial charge in [0.2, 0.25) is 5.91 Å². The summed E-state index contributed by atoms with van der Waals surface area (Å²) in [4.78, 5) is 26.1. The molecule has 2 heterocycles. The van der Waals surface area contributed by atoms with Gasteiger partial charge in [-0.1, -0.05) is 5.21 Å². The molecule has 2 aromatic rings. The van der Waals surface area contributed by atoms with Crippen LogP contribution in [0.3, 0.4) is 0 Å². The molecule has 1 saturated heterocycles. The summed E-state index contributed by atoms with van der Waals surface area (Å²) in [5, 5.41) is 10.5. The van der Waals surface area contributed by atoms with Gasteiger partial charge in [0, 0.05) is 26.1 Å². The number of halogens is 1. The first-order valence-electron chi connectivity index (χ1n) is 8.38. The molecule has 1 aromatic carbocycles. The van der Waals surface area contributed by atoms with Gasteiger partial charge in [-0.05, 0) is 31.2 Å². The molecule has 3 rings (SSSR count). The van der Waals surface area contributed by atoms with E-state index in [4.69, 9.17) is 4.74 Å². The third-order valence-corrected chi connectivity index (χ3v) is 4.17. The van der Waals surface area contributed by atoms with E-state index in [1.807, 2.05) is 0 Å². The van der Waals surface area contributed by atoms with E-state index in [1.54, 1.807) is 24.0 Å². The van der Waals surface area contributed by atoms with Gasteiger partial charge in [-0.3, -0.25) is 9.59 Å². The van der Waals surface area contributed by atoms with Crippen LogP contribution in [0.2, 0.25) is 0 Å². The smallest absolute Gasteiger partial charge is 0.273 e. The van der Waals surface area contributed by atoms with Crippen LogP contribution in [0.5, 0.6) is 0 Å². The zero-order valence-corrected chi connectivity index (χ0v) is 14.4. The Morgan fingerprint density at radius 3 is 2.62 bits per heavy atom. The van der Waals surface area contributed by atoms with E-state index in [-0.39, 0.29) is 30.4 Å². The molecule has 26 heavy (non-hydrogen) atoms. The maximum Gasteiger partial charge on any atom is 0.273 e. The molecule has 1 fully saturated rings. The number of hydrogen-bond acceptors (Lipinski definition) is 5. The molecule has 1 aliphatic rings. The summed E-state index contributed by atoms with van der Waals surface area (Å²) >= 11 is 0. The lowest BCUT2D eigenvalue weighted by Crippen LogP contribution is -2.42. The van der Waals surface area contributed by atoms with Crippen LogP contribution in [-0.4, -0.2) is 64.6 Å². The largest absolute Gasteiger partial charge is 0.378 e. The lowest BCUT2D eigenvalue weighted by Gasteiger charge is -2.26. The van der Waals surface area contributed by atoms with Crippen LogP contribution in [0.15, 0.2) is 24.3 Å². The van der Waals surface area contributed by atoms with Crippen LogP contribution in [0, 0.1) is 12.7 Å². The second-order valence-electron chi connectivity index (χ2n) is 5.91. The molecule has 1 aliphatic heterocycles. The van der Waals surface area contributed by atoms with Crippen molar-refractivity contribution in [2.45, 2.75) is 13.3 Å². The van der Waals surface area contributed by atoms with Crippen molar-refractivity contribution < 1.29 is 18.7 Å². The highest BCUT2D eigenvalue weighted by atomic mass is 19.1. The van der Waals surface area contributed by atoms with Gasteiger partial charge in [-0.25, -0.2) is 9.07 Å². The highest BCUT2D eigenvalue weighted by Gasteiger charge is 2.19. The number of benzene rings is 1. The molecule has 2 amide bonds. The Bertz CT molecular complexity index is 784. The zero-order chi connectivity index (χ0) is 18.5. The number of carbonyl (C=O) groups excluding carboxylic acids is 2. The lowest BCUT2D eigenvalue weighted by molar-refractivity contribution is -0.135. The fraction of sp³-hybridized carbons (Fsp3) is 0.412. The van der Waals surface area contributed by atoms with Crippen LogP contribution in [0.1, 0.15) is 22.6 Å².